The molecule has 0 saturated heterocycles. The lowest BCUT2D eigenvalue weighted by atomic mass is 9.96. The fourth-order valence-corrected chi connectivity index (χ4v) is 9.31. The number of carbonyl (C=O) groups excluding carboxylic acids is 3. The molecule has 0 saturated carbocycles. The maximum absolute atomic E-state index is 13.5. The predicted octanol–water partition coefficient (Wildman–Crippen LogP) is 11.9. The van der Waals surface area contributed by atoms with Gasteiger partial charge in [-0.2, -0.15) is 0 Å². The van der Waals surface area contributed by atoms with E-state index in [0.29, 0.717) is 20.9 Å². The number of hydrogen-bond donors (Lipinski definition) is 3. The lowest BCUT2D eigenvalue weighted by molar-refractivity contribution is -0.135. The Morgan fingerprint density at radius 1 is 0.541 bits per heavy atom. The average Bonchev–Trinajstić information content (AvgIpc) is 3.83. The number of ether oxygens (including phenoxy) is 1. The van der Waals surface area contributed by atoms with Crippen LogP contribution in [-0.2, 0) is 14.3 Å². The lowest BCUT2D eigenvalue weighted by Gasteiger charge is -2.08. The van der Waals surface area contributed by atoms with Crippen molar-refractivity contribution < 1.29 is 39.2 Å². The van der Waals surface area contributed by atoms with Gasteiger partial charge in [0.2, 0.25) is 11.6 Å². The molecule has 0 radical (unpaired) electrons. The molecule has 2 aromatic heterocycles. The van der Waals surface area contributed by atoms with E-state index < -0.39 is 11.9 Å². The summed E-state index contributed by atoms with van der Waals surface area (Å²) in [5, 5.41) is 30.5. The Morgan fingerprint density at radius 2 is 0.951 bits per heavy atom. The van der Waals surface area contributed by atoms with Crippen molar-refractivity contribution in [3.05, 3.63) is 189 Å². The molecule has 0 aliphatic heterocycles. The van der Waals surface area contributed by atoms with E-state index in [1.165, 1.54) is 41.9 Å². The number of hydrogen-bond acceptors (Lipinski definition) is 9. The van der Waals surface area contributed by atoms with Crippen LogP contribution in [0.5, 0.6) is 11.5 Å². The normalized spacial score (nSPS) is 11.2. The molecule has 2 heterocycles. The first-order valence-corrected chi connectivity index (χ1v) is 20.6. The highest BCUT2D eigenvalue weighted by Crippen LogP contribution is 2.43. The summed E-state index contributed by atoms with van der Waals surface area (Å²) in [7, 11) is 1.34. The fourth-order valence-electron chi connectivity index (χ4n) is 6.89. The number of fused-ring (bicyclic) bond motifs is 2. The molecule has 10 heteroatoms. The minimum atomic E-state index is -1.01. The van der Waals surface area contributed by atoms with Gasteiger partial charge in [0.1, 0.15) is 11.5 Å². The number of phenolic OH excluding ortho intramolecular Hbond substituents is 2. The average molecular weight is 843 g/mol. The number of carbonyl (C=O) groups is 4. The van der Waals surface area contributed by atoms with Crippen molar-refractivity contribution in [1.29, 1.82) is 0 Å². The summed E-state index contributed by atoms with van der Waals surface area (Å²) in [6, 6.07) is 40.3. The van der Waals surface area contributed by atoms with Crippen LogP contribution in [0.4, 0.5) is 0 Å². The Morgan fingerprint density at radius 3 is 1.34 bits per heavy atom. The van der Waals surface area contributed by atoms with Gasteiger partial charge in [-0.05, 0) is 95.8 Å². The van der Waals surface area contributed by atoms with Gasteiger partial charge in [-0.25, -0.2) is 9.59 Å². The Hall–Kier alpha value is -7.40. The third-order valence-electron chi connectivity index (χ3n) is 9.97. The summed E-state index contributed by atoms with van der Waals surface area (Å²) in [6.45, 7) is 3.84. The SMILES string of the molecule is COC(=O)/C=C/c1ccc(-c2c(C(=O)c3ccccc3C)sc3cc(O)ccc23)cc1.Cc1ccccc1C(=O)c1sc2cc(O)ccc2c1-c1ccc(/C=C/C(=O)O)cc1. The first-order valence-electron chi connectivity index (χ1n) is 19.0. The monoisotopic (exact) mass is 842 g/mol. The van der Waals surface area contributed by atoms with E-state index in [1.54, 1.807) is 30.3 Å². The second-order valence-corrected chi connectivity index (χ2v) is 16.1. The van der Waals surface area contributed by atoms with E-state index in [1.807, 2.05) is 123 Å². The molecule has 302 valence electrons. The topological polar surface area (TPSA) is 138 Å². The van der Waals surface area contributed by atoms with Gasteiger partial charge in [0.15, 0.2) is 0 Å². The molecule has 8 rings (SSSR count). The number of benzene rings is 6. The number of rotatable bonds is 10. The summed E-state index contributed by atoms with van der Waals surface area (Å²) in [5.41, 5.74) is 8.15. The summed E-state index contributed by atoms with van der Waals surface area (Å²) < 4.78 is 6.30. The number of phenols is 2. The Balaban J connectivity index is 0.000000184. The van der Waals surface area contributed by atoms with Crippen molar-refractivity contribution in [2.45, 2.75) is 13.8 Å². The molecule has 0 spiro atoms. The standard InChI is InChI=1S/C26H20O4S.C25H18O4S/c1-16-5-3-4-6-20(16)25(29)26-24(21-13-12-19(27)15-22(21)31-26)18-10-7-17(8-11-18)9-14-23(28)30-2;1-15-4-2-3-5-19(15)24(29)25-23(20-12-11-18(26)14-21(20)30-25)17-9-6-16(7-10-17)8-13-22(27)28/h3-15,27H,1-2H3;2-14,26H,1H3,(H,27,28)/b14-9+;13-8+. The van der Waals surface area contributed by atoms with E-state index in [9.17, 15) is 29.4 Å². The van der Waals surface area contributed by atoms with Gasteiger partial charge in [0.05, 0.1) is 16.9 Å². The zero-order valence-corrected chi connectivity index (χ0v) is 34.8. The number of aliphatic carboxylic acids is 1. The number of aromatic hydroxyl groups is 2. The molecule has 0 atom stereocenters. The molecule has 0 aliphatic rings. The number of esters is 1. The highest BCUT2D eigenvalue weighted by molar-refractivity contribution is 7.22. The largest absolute Gasteiger partial charge is 0.508 e. The van der Waals surface area contributed by atoms with Gasteiger partial charge in [-0.15, -0.1) is 22.7 Å². The molecule has 0 aliphatic carbocycles. The number of thiophene rings is 2. The highest BCUT2D eigenvalue weighted by atomic mass is 32.1. The number of methoxy groups -OCH3 is 1. The first kappa shape index (κ1) is 41.7. The summed E-state index contributed by atoms with van der Waals surface area (Å²) in [5.74, 6) is -1.20. The zero-order valence-electron chi connectivity index (χ0n) is 33.2. The Labute approximate surface area is 359 Å². The van der Waals surface area contributed by atoms with E-state index in [0.717, 1.165) is 70.8 Å². The van der Waals surface area contributed by atoms with Crippen LogP contribution in [0.15, 0.2) is 146 Å². The molecule has 0 amide bonds. The zero-order chi connectivity index (χ0) is 43.2. The first-order chi connectivity index (χ1) is 29.4. The minimum absolute atomic E-state index is 0.0385. The van der Waals surface area contributed by atoms with Crippen LogP contribution in [0.2, 0.25) is 0 Å². The van der Waals surface area contributed by atoms with Gasteiger partial charge < -0.3 is 20.1 Å². The Kier molecular flexibility index (Phi) is 12.5. The number of aryl methyl sites for hydroxylation is 2. The second kappa shape index (κ2) is 18.3. The molecule has 0 fully saturated rings. The summed E-state index contributed by atoms with van der Waals surface area (Å²) >= 11 is 2.74. The van der Waals surface area contributed by atoms with Crippen molar-refractivity contribution >= 4 is 78.5 Å². The third kappa shape index (κ3) is 9.26. The molecule has 0 bridgehead atoms. The molecular weight excluding hydrogens is 805 g/mol. The third-order valence-corrected chi connectivity index (χ3v) is 12.3. The molecule has 3 N–H and O–H groups in total. The number of carboxylic acids is 1. The van der Waals surface area contributed by atoms with Crippen molar-refractivity contribution in [3.8, 4) is 33.8 Å². The van der Waals surface area contributed by atoms with Crippen LogP contribution in [0, 0.1) is 13.8 Å². The van der Waals surface area contributed by atoms with Crippen LogP contribution in [0.3, 0.4) is 0 Å². The van der Waals surface area contributed by atoms with Crippen molar-refractivity contribution in [2.24, 2.45) is 0 Å². The molecule has 61 heavy (non-hydrogen) atoms. The van der Waals surface area contributed by atoms with Gasteiger partial charge in [0, 0.05) is 54.6 Å². The molecule has 8 nitrogen and oxygen atoms in total. The van der Waals surface area contributed by atoms with Gasteiger partial charge in [-0.1, -0.05) is 97.1 Å². The van der Waals surface area contributed by atoms with Crippen molar-refractivity contribution in [1.82, 2.24) is 0 Å². The van der Waals surface area contributed by atoms with E-state index in [4.69, 9.17) is 5.11 Å². The molecule has 0 unspecified atom stereocenters. The molecule has 8 aromatic rings. The van der Waals surface area contributed by atoms with Crippen LogP contribution in [-0.4, -0.2) is 45.9 Å². The quantitative estimate of drug-likeness (QED) is 0.0703. The maximum atomic E-state index is 13.5. The van der Waals surface area contributed by atoms with Crippen LogP contribution < -0.4 is 0 Å². The maximum Gasteiger partial charge on any atom is 0.330 e. The summed E-state index contributed by atoms with van der Waals surface area (Å²) in [4.78, 5) is 50.2. The highest BCUT2D eigenvalue weighted by Gasteiger charge is 2.24. The minimum Gasteiger partial charge on any atom is -0.508 e. The Bertz CT molecular complexity index is 3020. The number of carboxylic acid groups (broad SMARTS) is 1. The smallest absolute Gasteiger partial charge is 0.330 e. The van der Waals surface area contributed by atoms with Gasteiger partial charge >= 0.3 is 11.9 Å². The van der Waals surface area contributed by atoms with Gasteiger partial charge in [0.25, 0.3) is 0 Å². The van der Waals surface area contributed by atoms with E-state index in [2.05, 4.69) is 4.74 Å². The van der Waals surface area contributed by atoms with E-state index in [-0.39, 0.29) is 23.1 Å². The van der Waals surface area contributed by atoms with E-state index >= 15 is 0 Å². The summed E-state index contributed by atoms with van der Waals surface area (Å²) in [6.07, 6.45) is 5.66. The van der Waals surface area contributed by atoms with Crippen LogP contribution in [0.25, 0.3) is 54.6 Å². The second-order valence-electron chi connectivity index (χ2n) is 14.0. The lowest BCUT2D eigenvalue weighted by Crippen LogP contribution is -2.02. The molecular formula is C51H38O8S2. The van der Waals surface area contributed by atoms with Gasteiger partial charge in [-0.3, -0.25) is 9.59 Å². The predicted molar refractivity (Wildman–Crippen MR) is 245 cm³/mol. The fraction of sp³-hybridized carbons (Fsp3) is 0.0588. The van der Waals surface area contributed by atoms with Crippen molar-refractivity contribution in [2.75, 3.05) is 7.11 Å². The van der Waals surface area contributed by atoms with Crippen LogP contribution in [0.1, 0.15) is 52.7 Å². The van der Waals surface area contributed by atoms with Crippen molar-refractivity contribution in [3.63, 3.8) is 0 Å². The van der Waals surface area contributed by atoms with Crippen LogP contribution >= 0.6 is 22.7 Å². The number of ketones is 2. The molecule has 6 aromatic carbocycles.